The Morgan fingerprint density at radius 2 is 2.10 bits per heavy atom. The normalized spacial score (nSPS) is 10.4. The van der Waals surface area contributed by atoms with Crippen molar-refractivity contribution in [3.05, 3.63) is 53.5 Å². The highest BCUT2D eigenvalue weighted by Crippen LogP contribution is 2.18. The summed E-state index contributed by atoms with van der Waals surface area (Å²) in [5.74, 6) is -0.308. The molecule has 0 saturated heterocycles. The summed E-state index contributed by atoms with van der Waals surface area (Å²) in [6.45, 7) is 2.03. The second-order valence-corrected chi connectivity index (χ2v) is 4.87. The van der Waals surface area contributed by atoms with E-state index in [-0.39, 0.29) is 11.7 Å². The van der Waals surface area contributed by atoms with E-state index in [1.165, 1.54) is 23.1 Å². The number of rotatable bonds is 4. The fourth-order valence-electron chi connectivity index (χ4n) is 2.11. The first-order valence-corrected chi connectivity index (χ1v) is 6.81. The van der Waals surface area contributed by atoms with E-state index in [9.17, 15) is 9.18 Å². The van der Waals surface area contributed by atoms with Gasteiger partial charge in [0.25, 0.3) is 5.91 Å². The highest BCUT2D eigenvalue weighted by atomic mass is 19.1. The summed E-state index contributed by atoms with van der Waals surface area (Å²) in [4.78, 5) is 18.1. The van der Waals surface area contributed by atoms with Crippen molar-refractivity contribution in [1.82, 2.24) is 4.98 Å². The minimum atomic E-state index is -0.381. The van der Waals surface area contributed by atoms with Gasteiger partial charge in [-0.1, -0.05) is 19.4 Å². The van der Waals surface area contributed by atoms with Crippen molar-refractivity contribution in [1.29, 1.82) is 0 Å². The number of hydrogen-bond donors (Lipinski definition) is 1. The molecule has 0 radical (unpaired) electrons. The molecule has 2 rings (SSSR count). The van der Waals surface area contributed by atoms with Crippen LogP contribution in [0, 0.1) is 5.82 Å². The Morgan fingerprint density at radius 3 is 2.76 bits per heavy atom. The number of benzene rings is 1. The van der Waals surface area contributed by atoms with Crippen molar-refractivity contribution >= 4 is 17.4 Å². The van der Waals surface area contributed by atoms with E-state index in [4.69, 9.17) is 5.73 Å². The summed E-state index contributed by atoms with van der Waals surface area (Å²) in [6, 6.07) is 9.17. The Hall–Kier alpha value is -2.43. The SMILES string of the molecule is CCCc1cc(C(=O)N(C)c2cccc(F)c2)cc(N)n1. The molecule has 0 saturated carbocycles. The Balaban J connectivity index is 2.31. The van der Waals surface area contributed by atoms with Crippen LogP contribution in [0.5, 0.6) is 0 Å². The number of nitrogens with two attached hydrogens (primary N) is 1. The zero-order valence-corrected chi connectivity index (χ0v) is 12.1. The lowest BCUT2D eigenvalue weighted by molar-refractivity contribution is 0.0993. The third kappa shape index (κ3) is 3.56. The van der Waals surface area contributed by atoms with Crippen LogP contribution in [-0.2, 0) is 6.42 Å². The van der Waals surface area contributed by atoms with Gasteiger partial charge in [-0.05, 0) is 36.8 Å². The number of nitrogens with zero attached hydrogens (tertiary/aromatic N) is 2. The topological polar surface area (TPSA) is 59.2 Å². The smallest absolute Gasteiger partial charge is 0.258 e. The first kappa shape index (κ1) is 15.0. The second-order valence-electron chi connectivity index (χ2n) is 4.87. The molecular formula is C16H18FN3O. The van der Waals surface area contributed by atoms with Gasteiger partial charge in [0, 0.05) is 24.0 Å². The molecule has 21 heavy (non-hydrogen) atoms. The molecule has 1 amide bonds. The van der Waals surface area contributed by atoms with E-state index in [0.717, 1.165) is 18.5 Å². The molecule has 0 unspecified atom stereocenters. The summed E-state index contributed by atoms with van der Waals surface area (Å²) in [6.07, 6.45) is 1.68. The number of aromatic nitrogens is 1. The maximum atomic E-state index is 13.3. The number of anilines is 2. The van der Waals surface area contributed by atoms with Crippen LogP contribution >= 0.6 is 0 Å². The summed E-state index contributed by atoms with van der Waals surface area (Å²) in [5.41, 5.74) is 7.48. The molecule has 110 valence electrons. The van der Waals surface area contributed by atoms with Crippen molar-refractivity contribution in [2.75, 3.05) is 17.7 Å². The fraction of sp³-hybridized carbons (Fsp3) is 0.250. The molecule has 5 heteroatoms. The van der Waals surface area contributed by atoms with E-state index in [1.807, 2.05) is 6.92 Å². The van der Waals surface area contributed by atoms with Crippen LogP contribution in [-0.4, -0.2) is 17.9 Å². The maximum Gasteiger partial charge on any atom is 0.258 e. The van der Waals surface area contributed by atoms with Crippen molar-refractivity contribution in [2.45, 2.75) is 19.8 Å². The minimum Gasteiger partial charge on any atom is -0.384 e. The predicted octanol–water partition coefficient (Wildman–Crippen LogP) is 3.03. The summed E-state index contributed by atoms with van der Waals surface area (Å²) in [5, 5.41) is 0. The molecule has 1 heterocycles. The van der Waals surface area contributed by atoms with Gasteiger partial charge in [-0.15, -0.1) is 0 Å². The quantitative estimate of drug-likeness (QED) is 0.940. The third-order valence-electron chi connectivity index (χ3n) is 3.15. The molecule has 0 bridgehead atoms. The Kier molecular flexibility index (Phi) is 4.52. The van der Waals surface area contributed by atoms with E-state index in [2.05, 4.69) is 4.98 Å². The highest BCUT2D eigenvalue weighted by Gasteiger charge is 2.15. The van der Waals surface area contributed by atoms with E-state index in [0.29, 0.717) is 17.1 Å². The van der Waals surface area contributed by atoms with Gasteiger partial charge in [-0.25, -0.2) is 9.37 Å². The minimum absolute atomic E-state index is 0.243. The van der Waals surface area contributed by atoms with E-state index < -0.39 is 0 Å². The number of hydrogen-bond acceptors (Lipinski definition) is 3. The number of aryl methyl sites for hydroxylation is 1. The lowest BCUT2D eigenvalue weighted by Gasteiger charge is -2.18. The van der Waals surface area contributed by atoms with Crippen LogP contribution in [0.2, 0.25) is 0 Å². The summed E-state index contributed by atoms with van der Waals surface area (Å²) in [7, 11) is 1.60. The van der Waals surface area contributed by atoms with E-state index >= 15 is 0 Å². The van der Waals surface area contributed by atoms with Crippen LogP contribution in [0.15, 0.2) is 36.4 Å². The Labute approximate surface area is 123 Å². The maximum absolute atomic E-state index is 13.3. The van der Waals surface area contributed by atoms with E-state index in [1.54, 1.807) is 25.2 Å². The summed E-state index contributed by atoms with van der Waals surface area (Å²) >= 11 is 0. The van der Waals surface area contributed by atoms with Gasteiger partial charge in [0.05, 0.1) is 0 Å². The Bertz CT molecular complexity index is 658. The molecule has 2 N–H and O–H groups in total. The van der Waals surface area contributed by atoms with Crippen molar-refractivity contribution in [2.24, 2.45) is 0 Å². The number of carbonyl (C=O) groups excluding carboxylic acids is 1. The molecule has 0 spiro atoms. The van der Waals surface area contributed by atoms with Gasteiger partial charge in [0.15, 0.2) is 0 Å². The number of amides is 1. The number of carbonyl (C=O) groups is 1. The van der Waals surface area contributed by atoms with Gasteiger partial charge in [-0.3, -0.25) is 4.79 Å². The van der Waals surface area contributed by atoms with Gasteiger partial charge >= 0.3 is 0 Å². The average Bonchev–Trinajstić information content (AvgIpc) is 2.45. The summed E-state index contributed by atoms with van der Waals surface area (Å²) < 4.78 is 13.3. The molecule has 4 nitrogen and oxygen atoms in total. The van der Waals surface area contributed by atoms with Crippen molar-refractivity contribution in [3.63, 3.8) is 0 Å². The molecule has 2 aromatic rings. The van der Waals surface area contributed by atoms with Crippen LogP contribution < -0.4 is 10.6 Å². The van der Waals surface area contributed by atoms with Gasteiger partial charge in [-0.2, -0.15) is 0 Å². The molecule has 0 atom stereocenters. The van der Waals surface area contributed by atoms with Gasteiger partial charge in [0.1, 0.15) is 11.6 Å². The number of pyridine rings is 1. The van der Waals surface area contributed by atoms with Crippen LogP contribution in [0.3, 0.4) is 0 Å². The van der Waals surface area contributed by atoms with Gasteiger partial charge in [0.2, 0.25) is 0 Å². The largest absolute Gasteiger partial charge is 0.384 e. The van der Waals surface area contributed by atoms with Crippen molar-refractivity contribution in [3.8, 4) is 0 Å². The predicted molar refractivity (Wildman–Crippen MR) is 81.8 cm³/mol. The number of halogens is 1. The highest BCUT2D eigenvalue weighted by molar-refractivity contribution is 6.06. The zero-order valence-electron chi connectivity index (χ0n) is 12.1. The first-order chi connectivity index (χ1) is 10.0. The standard InChI is InChI=1S/C16H18FN3O/c1-3-5-13-8-11(9-15(18)19-13)16(21)20(2)14-7-4-6-12(17)10-14/h4,6-10H,3,5H2,1-2H3,(H2,18,19). The lowest BCUT2D eigenvalue weighted by Crippen LogP contribution is -2.26. The molecule has 1 aromatic carbocycles. The molecule has 0 aliphatic heterocycles. The van der Waals surface area contributed by atoms with Crippen LogP contribution in [0.4, 0.5) is 15.9 Å². The van der Waals surface area contributed by atoms with Crippen molar-refractivity contribution < 1.29 is 9.18 Å². The Morgan fingerprint density at radius 1 is 1.33 bits per heavy atom. The van der Waals surface area contributed by atoms with Crippen LogP contribution in [0.1, 0.15) is 29.4 Å². The molecule has 1 aromatic heterocycles. The second kappa shape index (κ2) is 6.35. The monoisotopic (exact) mass is 287 g/mol. The molecule has 0 fully saturated rings. The fourth-order valence-corrected chi connectivity index (χ4v) is 2.11. The lowest BCUT2D eigenvalue weighted by atomic mass is 10.1. The molecular weight excluding hydrogens is 269 g/mol. The third-order valence-corrected chi connectivity index (χ3v) is 3.15. The zero-order chi connectivity index (χ0) is 15.4. The molecule has 0 aliphatic carbocycles. The first-order valence-electron chi connectivity index (χ1n) is 6.81. The molecule has 0 aliphatic rings. The average molecular weight is 287 g/mol. The van der Waals surface area contributed by atoms with Gasteiger partial charge < -0.3 is 10.6 Å². The van der Waals surface area contributed by atoms with Crippen LogP contribution in [0.25, 0.3) is 0 Å². The number of nitrogen functional groups attached to an aromatic ring is 1.